The molecule has 1 aromatic carbocycles. The minimum absolute atomic E-state index is 0.0606. The van der Waals surface area contributed by atoms with E-state index >= 15 is 0 Å². The number of carbonyl (C=O) groups excluding carboxylic acids is 1. The van der Waals surface area contributed by atoms with E-state index in [0.717, 1.165) is 6.42 Å². The van der Waals surface area contributed by atoms with Crippen LogP contribution in [0, 0.1) is 0 Å². The van der Waals surface area contributed by atoms with Crippen LogP contribution in [0.5, 0.6) is 0 Å². The first-order valence-corrected chi connectivity index (χ1v) is 5.90. The highest BCUT2D eigenvalue weighted by atomic mass is 127. The lowest BCUT2D eigenvalue weighted by Gasteiger charge is -2.16. The van der Waals surface area contributed by atoms with Gasteiger partial charge in [-0.2, -0.15) is 0 Å². The summed E-state index contributed by atoms with van der Waals surface area (Å²) in [4.78, 5) is 11.0. The molecule has 14 heavy (non-hydrogen) atoms. The van der Waals surface area contributed by atoms with Gasteiger partial charge in [-0.25, -0.2) is 0 Å². The van der Waals surface area contributed by atoms with Gasteiger partial charge < -0.3 is 4.74 Å². The predicted molar refractivity (Wildman–Crippen MR) is 62.3 cm³/mol. The largest absolute Gasteiger partial charge is 0.461 e. The zero-order valence-corrected chi connectivity index (χ0v) is 9.81. The van der Waals surface area contributed by atoms with Crippen molar-refractivity contribution in [3.8, 4) is 0 Å². The molecule has 2 atom stereocenters. The van der Waals surface area contributed by atoms with E-state index in [9.17, 15) is 4.79 Å². The van der Waals surface area contributed by atoms with Gasteiger partial charge in [-0.15, -0.1) is 0 Å². The number of ether oxygens (including phenoxy) is 1. The molecule has 1 saturated heterocycles. The molecule has 0 aromatic heterocycles. The molecular weight excluding hydrogens is 291 g/mol. The second-order valence-corrected chi connectivity index (χ2v) is 4.72. The SMILES string of the molecule is O=C1CCC(C(I)c2ccccc2)O1. The van der Waals surface area contributed by atoms with Crippen LogP contribution in [0.3, 0.4) is 0 Å². The average molecular weight is 302 g/mol. The molecule has 0 N–H and O–H groups in total. The van der Waals surface area contributed by atoms with Gasteiger partial charge in [-0.1, -0.05) is 52.9 Å². The van der Waals surface area contributed by atoms with Crippen LogP contribution in [-0.2, 0) is 9.53 Å². The number of carbonyl (C=O) groups is 1. The zero-order chi connectivity index (χ0) is 9.97. The summed E-state index contributed by atoms with van der Waals surface area (Å²) >= 11 is 2.34. The van der Waals surface area contributed by atoms with Crippen LogP contribution in [0.25, 0.3) is 0 Å². The fourth-order valence-electron chi connectivity index (χ4n) is 1.60. The van der Waals surface area contributed by atoms with Crippen LogP contribution in [0.4, 0.5) is 0 Å². The van der Waals surface area contributed by atoms with Gasteiger partial charge in [0.15, 0.2) is 0 Å². The normalized spacial score (nSPS) is 23.2. The van der Waals surface area contributed by atoms with Crippen LogP contribution >= 0.6 is 22.6 Å². The second-order valence-electron chi connectivity index (χ2n) is 3.38. The Morgan fingerprint density at radius 1 is 1.36 bits per heavy atom. The standard InChI is InChI=1S/C11H11IO2/c12-11(8-4-2-1-3-5-8)9-6-7-10(13)14-9/h1-5,9,11H,6-7H2. The highest BCUT2D eigenvalue weighted by molar-refractivity contribution is 14.1. The summed E-state index contributed by atoms with van der Waals surface area (Å²) < 4.78 is 5.51. The highest BCUT2D eigenvalue weighted by Gasteiger charge is 2.30. The van der Waals surface area contributed by atoms with Crippen molar-refractivity contribution < 1.29 is 9.53 Å². The van der Waals surface area contributed by atoms with Crippen molar-refractivity contribution in [1.29, 1.82) is 0 Å². The van der Waals surface area contributed by atoms with Crippen molar-refractivity contribution in [1.82, 2.24) is 0 Å². The molecule has 0 saturated carbocycles. The minimum atomic E-state index is -0.0624. The monoisotopic (exact) mass is 302 g/mol. The Bertz CT molecular complexity index is 323. The number of hydrogen-bond acceptors (Lipinski definition) is 2. The molecule has 2 unspecified atom stereocenters. The Kier molecular flexibility index (Phi) is 3.05. The summed E-state index contributed by atoms with van der Waals surface area (Å²) in [5.41, 5.74) is 1.23. The molecule has 1 fully saturated rings. The Labute approximate surface area is 96.8 Å². The van der Waals surface area contributed by atoms with Gasteiger partial charge in [0.1, 0.15) is 6.10 Å². The Balaban J connectivity index is 2.09. The van der Waals surface area contributed by atoms with E-state index in [0.29, 0.717) is 6.42 Å². The van der Waals surface area contributed by atoms with Crippen molar-refractivity contribution in [2.45, 2.75) is 22.9 Å². The third kappa shape index (κ3) is 2.08. The molecule has 1 heterocycles. The molecule has 2 rings (SSSR count). The molecule has 0 aliphatic carbocycles. The maximum atomic E-state index is 11.0. The average Bonchev–Trinajstić information content (AvgIpc) is 2.65. The Morgan fingerprint density at radius 3 is 2.64 bits per heavy atom. The number of esters is 1. The van der Waals surface area contributed by atoms with E-state index < -0.39 is 0 Å². The van der Waals surface area contributed by atoms with Gasteiger partial charge >= 0.3 is 5.97 Å². The highest BCUT2D eigenvalue weighted by Crippen LogP contribution is 2.34. The fraction of sp³-hybridized carbons (Fsp3) is 0.364. The quantitative estimate of drug-likeness (QED) is 0.477. The molecule has 1 aromatic rings. The van der Waals surface area contributed by atoms with Gasteiger partial charge in [0.25, 0.3) is 0 Å². The van der Waals surface area contributed by atoms with Crippen LogP contribution in [0.15, 0.2) is 30.3 Å². The van der Waals surface area contributed by atoms with E-state index in [2.05, 4.69) is 34.7 Å². The third-order valence-electron chi connectivity index (χ3n) is 2.36. The fourth-order valence-corrected chi connectivity index (χ4v) is 2.53. The van der Waals surface area contributed by atoms with Crippen molar-refractivity contribution in [3.05, 3.63) is 35.9 Å². The second kappa shape index (κ2) is 4.29. The lowest BCUT2D eigenvalue weighted by Crippen LogP contribution is -2.13. The molecule has 1 aliphatic heterocycles. The third-order valence-corrected chi connectivity index (χ3v) is 3.88. The summed E-state index contributed by atoms with van der Waals surface area (Å²) in [7, 11) is 0. The smallest absolute Gasteiger partial charge is 0.306 e. The number of cyclic esters (lactones) is 1. The van der Waals surface area contributed by atoms with Crippen LogP contribution in [0.2, 0.25) is 0 Å². The zero-order valence-electron chi connectivity index (χ0n) is 7.65. The molecule has 0 amide bonds. The molecule has 2 nitrogen and oxygen atoms in total. The van der Waals surface area contributed by atoms with Crippen molar-refractivity contribution in [2.75, 3.05) is 0 Å². The topological polar surface area (TPSA) is 26.3 Å². The van der Waals surface area contributed by atoms with Crippen LogP contribution in [0.1, 0.15) is 22.3 Å². The Hall–Kier alpha value is -0.580. The lowest BCUT2D eigenvalue weighted by molar-refractivity contribution is -0.141. The van der Waals surface area contributed by atoms with E-state index in [-0.39, 0.29) is 16.0 Å². The van der Waals surface area contributed by atoms with Crippen LogP contribution in [-0.4, -0.2) is 12.1 Å². The summed E-state index contributed by atoms with van der Waals surface area (Å²) in [6.45, 7) is 0. The van der Waals surface area contributed by atoms with Crippen molar-refractivity contribution in [3.63, 3.8) is 0 Å². The molecular formula is C11H11IO2. The summed E-state index contributed by atoms with van der Waals surface area (Å²) in [5, 5.41) is 0. The van der Waals surface area contributed by atoms with Gasteiger partial charge in [0.05, 0.1) is 3.92 Å². The number of benzene rings is 1. The minimum Gasteiger partial charge on any atom is -0.461 e. The molecule has 3 heteroatoms. The molecule has 0 radical (unpaired) electrons. The first-order chi connectivity index (χ1) is 6.77. The Morgan fingerprint density at radius 2 is 2.07 bits per heavy atom. The molecule has 0 bridgehead atoms. The van der Waals surface area contributed by atoms with E-state index in [4.69, 9.17) is 4.74 Å². The summed E-state index contributed by atoms with van der Waals surface area (Å²) in [5.74, 6) is -0.0624. The molecule has 74 valence electrons. The van der Waals surface area contributed by atoms with Gasteiger partial charge in [0.2, 0.25) is 0 Å². The first kappa shape index (κ1) is 9.96. The maximum Gasteiger partial charge on any atom is 0.306 e. The number of halogens is 1. The lowest BCUT2D eigenvalue weighted by atomic mass is 10.1. The molecule has 1 aliphatic rings. The van der Waals surface area contributed by atoms with Gasteiger partial charge in [0, 0.05) is 6.42 Å². The van der Waals surface area contributed by atoms with Gasteiger partial charge in [-0.3, -0.25) is 4.79 Å². The number of rotatable bonds is 2. The van der Waals surface area contributed by atoms with E-state index in [1.807, 2.05) is 18.2 Å². The van der Waals surface area contributed by atoms with Crippen LogP contribution < -0.4 is 0 Å². The van der Waals surface area contributed by atoms with Crippen molar-refractivity contribution >= 4 is 28.6 Å². The summed E-state index contributed by atoms with van der Waals surface area (Å²) in [6, 6.07) is 10.2. The maximum absolute atomic E-state index is 11.0. The van der Waals surface area contributed by atoms with E-state index in [1.165, 1.54) is 5.56 Å². The summed E-state index contributed by atoms with van der Waals surface area (Å²) in [6.07, 6.45) is 1.48. The van der Waals surface area contributed by atoms with Gasteiger partial charge in [-0.05, 0) is 12.0 Å². The molecule has 0 spiro atoms. The van der Waals surface area contributed by atoms with E-state index in [1.54, 1.807) is 0 Å². The number of alkyl halides is 1. The number of hydrogen-bond donors (Lipinski definition) is 0. The van der Waals surface area contributed by atoms with Crippen molar-refractivity contribution in [2.24, 2.45) is 0 Å². The predicted octanol–water partition coefficient (Wildman–Crippen LogP) is 2.87. The first-order valence-electron chi connectivity index (χ1n) is 4.66.